The monoisotopic (exact) mass is 489 g/mol. The van der Waals surface area contributed by atoms with Crippen LogP contribution in [0.3, 0.4) is 0 Å². The number of amides is 1. The van der Waals surface area contributed by atoms with Crippen LogP contribution in [-0.2, 0) is 9.59 Å². The lowest BCUT2D eigenvalue weighted by Gasteiger charge is -2.28. The van der Waals surface area contributed by atoms with Crippen LogP contribution in [0.5, 0.6) is 0 Å². The zero-order valence-corrected chi connectivity index (χ0v) is 20.0. The minimum Gasteiger partial charge on any atom is -0.478 e. The van der Waals surface area contributed by atoms with Crippen molar-refractivity contribution in [1.82, 2.24) is 15.2 Å². The minimum atomic E-state index is -1.26. The number of para-hydroxylation sites is 1. The molecule has 36 heavy (non-hydrogen) atoms. The molecular weight excluding hydrogens is 458 g/mol. The fourth-order valence-corrected chi connectivity index (χ4v) is 4.07. The number of carboxylic acids is 2. The lowest BCUT2D eigenvalue weighted by atomic mass is 10.0. The summed E-state index contributed by atoms with van der Waals surface area (Å²) in [5, 5.41) is 19.9. The fraction of sp³-hybridized carbons (Fsp3) is 0.286. The highest BCUT2D eigenvalue weighted by Gasteiger charge is 2.19. The molecule has 4 rings (SSSR count). The second kappa shape index (κ2) is 13.7. The number of pyridine rings is 1. The predicted molar refractivity (Wildman–Crippen MR) is 138 cm³/mol. The van der Waals surface area contributed by atoms with E-state index in [2.05, 4.69) is 27.3 Å². The first kappa shape index (κ1) is 26.6. The molecule has 0 radical (unpaired) electrons. The van der Waals surface area contributed by atoms with Crippen LogP contribution in [0.4, 0.5) is 0 Å². The van der Waals surface area contributed by atoms with Crippen LogP contribution in [0, 0.1) is 0 Å². The number of hydrogen-bond acceptors (Lipinski definition) is 5. The number of benzene rings is 2. The van der Waals surface area contributed by atoms with Crippen LogP contribution in [0.1, 0.15) is 47.8 Å². The first-order valence-electron chi connectivity index (χ1n) is 12.0. The third kappa shape index (κ3) is 8.63. The van der Waals surface area contributed by atoms with Gasteiger partial charge < -0.3 is 20.4 Å². The van der Waals surface area contributed by atoms with Gasteiger partial charge in [0.1, 0.15) is 5.69 Å². The van der Waals surface area contributed by atoms with Gasteiger partial charge in [0.15, 0.2) is 0 Å². The maximum Gasteiger partial charge on any atom is 0.328 e. The number of piperidine rings is 1. The molecule has 188 valence electrons. The van der Waals surface area contributed by atoms with E-state index in [9.17, 15) is 14.4 Å². The second-order valence-corrected chi connectivity index (χ2v) is 8.53. The Labute approximate surface area is 210 Å². The molecular formula is C28H31N3O5. The molecule has 1 atom stereocenters. The molecule has 1 fully saturated rings. The average Bonchev–Trinajstić information content (AvgIpc) is 2.91. The Bertz CT molecular complexity index is 1170. The van der Waals surface area contributed by atoms with E-state index in [1.165, 1.54) is 32.4 Å². The zero-order valence-electron chi connectivity index (χ0n) is 20.0. The highest BCUT2D eigenvalue weighted by Crippen LogP contribution is 2.20. The third-order valence-electron chi connectivity index (χ3n) is 5.89. The quantitative estimate of drug-likeness (QED) is 0.404. The number of carbonyl (C=O) groups excluding carboxylic acids is 1. The molecule has 2 heterocycles. The Morgan fingerprint density at radius 1 is 0.861 bits per heavy atom. The number of aromatic nitrogens is 1. The van der Waals surface area contributed by atoms with Gasteiger partial charge in [-0.2, -0.15) is 0 Å². The van der Waals surface area contributed by atoms with Crippen LogP contribution in [0.15, 0.2) is 78.9 Å². The SMILES string of the molecule is O=C(NC(CCN1CCCCC1)c1ccccc1)c1ccc2ccccc2n1.O=C(O)/C=C/C(=O)O. The Morgan fingerprint density at radius 2 is 1.50 bits per heavy atom. The van der Waals surface area contributed by atoms with E-state index < -0.39 is 11.9 Å². The highest BCUT2D eigenvalue weighted by atomic mass is 16.4. The maximum atomic E-state index is 12.9. The van der Waals surface area contributed by atoms with Gasteiger partial charge in [-0.1, -0.05) is 61.0 Å². The van der Waals surface area contributed by atoms with Crippen molar-refractivity contribution < 1.29 is 24.6 Å². The van der Waals surface area contributed by atoms with E-state index in [-0.39, 0.29) is 11.9 Å². The smallest absolute Gasteiger partial charge is 0.328 e. The average molecular weight is 490 g/mol. The number of hydrogen-bond donors (Lipinski definition) is 3. The van der Waals surface area contributed by atoms with Crippen molar-refractivity contribution in [1.29, 1.82) is 0 Å². The molecule has 3 N–H and O–H groups in total. The normalized spacial score (nSPS) is 14.6. The van der Waals surface area contributed by atoms with Crippen LogP contribution in [0.25, 0.3) is 10.9 Å². The van der Waals surface area contributed by atoms with E-state index in [0.717, 1.165) is 29.4 Å². The van der Waals surface area contributed by atoms with Crippen molar-refractivity contribution in [3.63, 3.8) is 0 Å². The van der Waals surface area contributed by atoms with E-state index in [4.69, 9.17) is 10.2 Å². The van der Waals surface area contributed by atoms with Crippen molar-refractivity contribution >= 4 is 28.7 Å². The van der Waals surface area contributed by atoms with E-state index >= 15 is 0 Å². The molecule has 0 spiro atoms. The summed E-state index contributed by atoms with van der Waals surface area (Å²) in [5.41, 5.74) is 2.46. The summed E-state index contributed by atoms with van der Waals surface area (Å²) in [6.45, 7) is 3.34. The van der Waals surface area contributed by atoms with Gasteiger partial charge in [0.2, 0.25) is 0 Å². The molecule has 8 nitrogen and oxygen atoms in total. The topological polar surface area (TPSA) is 120 Å². The molecule has 1 unspecified atom stereocenters. The number of carbonyl (C=O) groups is 3. The fourth-order valence-electron chi connectivity index (χ4n) is 4.07. The van der Waals surface area contributed by atoms with Gasteiger partial charge in [-0.15, -0.1) is 0 Å². The zero-order chi connectivity index (χ0) is 25.8. The Kier molecular flexibility index (Phi) is 10.1. The van der Waals surface area contributed by atoms with Gasteiger partial charge in [-0.3, -0.25) is 4.79 Å². The molecule has 0 bridgehead atoms. The molecule has 0 saturated carbocycles. The van der Waals surface area contributed by atoms with Crippen LogP contribution >= 0.6 is 0 Å². The standard InChI is InChI=1S/C24H27N3O.C4H4O4/c28-24(23-14-13-20-11-5-6-12-21(20)25-23)26-22(19-9-3-1-4-10-19)15-18-27-16-7-2-8-17-27;5-3(6)1-2-4(7)8/h1,3-6,9-14,22H,2,7-8,15-18H2,(H,26,28);1-2H,(H,5,6)(H,7,8)/b;2-1+. The predicted octanol–water partition coefficient (Wildman–Crippen LogP) is 4.29. The Morgan fingerprint density at radius 3 is 2.17 bits per heavy atom. The van der Waals surface area contributed by atoms with E-state index in [1.54, 1.807) is 0 Å². The lowest BCUT2D eigenvalue weighted by molar-refractivity contribution is -0.134. The summed E-state index contributed by atoms with van der Waals surface area (Å²) in [6, 6.07) is 21.9. The third-order valence-corrected chi connectivity index (χ3v) is 5.89. The van der Waals surface area contributed by atoms with Crippen LogP contribution < -0.4 is 5.32 Å². The maximum absolute atomic E-state index is 12.9. The van der Waals surface area contributed by atoms with Crippen molar-refractivity contribution in [2.75, 3.05) is 19.6 Å². The molecule has 1 amide bonds. The Balaban J connectivity index is 0.000000392. The molecule has 8 heteroatoms. The van der Waals surface area contributed by atoms with Gasteiger partial charge in [0, 0.05) is 24.1 Å². The lowest BCUT2D eigenvalue weighted by Crippen LogP contribution is -2.35. The van der Waals surface area contributed by atoms with Crippen molar-refractivity contribution in [3.8, 4) is 0 Å². The summed E-state index contributed by atoms with van der Waals surface area (Å²) < 4.78 is 0. The minimum absolute atomic E-state index is 0.0103. The van der Waals surface area contributed by atoms with Crippen molar-refractivity contribution in [2.45, 2.75) is 31.7 Å². The molecule has 0 aliphatic carbocycles. The van der Waals surface area contributed by atoms with E-state index in [1.807, 2.05) is 54.6 Å². The summed E-state index contributed by atoms with van der Waals surface area (Å²) in [7, 11) is 0. The number of nitrogens with one attached hydrogen (secondary N) is 1. The molecule has 1 aromatic heterocycles. The molecule has 3 aromatic rings. The number of carboxylic acid groups (broad SMARTS) is 2. The highest BCUT2D eigenvalue weighted by molar-refractivity contribution is 5.95. The number of aliphatic carboxylic acids is 2. The Hall–Kier alpha value is -4.04. The largest absolute Gasteiger partial charge is 0.478 e. The number of fused-ring (bicyclic) bond motifs is 1. The number of nitrogens with zero attached hydrogens (tertiary/aromatic N) is 2. The van der Waals surface area contributed by atoms with Gasteiger partial charge in [-0.25, -0.2) is 14.6 Å². The van der Waals surface area contributed by atoms with Crippen molar-refractivity contribution in [3.05, 3.63) is 90.1 Å². The molecule has 2 aromatic carbocycles. The van der Waals surface area contributed by atoms with E-state index in [0.29, 0.717) is 17.8 Å². The molecule has 1 saturated heterocycles. The van der Waals surface area contributed by atoms with Gasteiger partial charge in [-0.05, 0) is 50.0 Å². The number of rotatable bonds is 8. The number of likely N-dealkylation sites (tertiary alicyclic amines) is 1. The summed E-state index contributed by atoms with van der Waals surface area (Å²) >= 11 is 0. The first-order valence-corrected chi connectivity index (χ1v) is 12.0. The van der Waals surface area contributed by atoms with Gasteiger partial charge in [0.05, 0.1) is 11.6 Å². The summed E-state index contributed by atoms with van der Waals surface area (Å²) in [4.78, 5) is 39.1. The van der Waals surface area contributed by atoms with Gasteiger partial charge >= 0.3 is 11.9 Å². The van der Waals surface area contributed by atoms with Crippen LogP contribution in [-0.4, -0.2) is 57.6 Å². The molecule has 1 aliphatic heterocycles. The van der Waals surface area contributed by atoms with Crippen molar-refractivity contribution in [2.24, 2.45) is 0 Å². The first-order chi connectivity index (χ1) is 17.4. The summed E-state index contributed by atoms with van der Waals surface area (Å²) in [5.74, 6) is -2.63. The van der Waals surface area contributed by atoms with Gasteiger partial charge in [0.25, 0.3) is 5.91 Å². The van der Waals surface area contributed by atoms with Crippen LogP contribution in [0.2, 0.25) is 0 Å². The second-order valence-electron chi connectivity index (χ2n) is 8.53. The molecule has 1 aliphatic rings. The summed E-state index contributed by atoms with van der Waals surface area (Å²) in [6.07, 6.45) is 5.92.